The molecule has 5 nitrogen and oxygen atoms in total. The molecule has 1 N–H and O–H groups in total. The Kier molecular flexibility index (Phi) is 3.58. The minimum absolute atomic E-state index is 0.188. The van der Waals surface area contributed by atoms with E-state index in [1.165, 1.54) is 11.3 Å². The van der Waals surface area contributed by atoms with Crippen LogP contribution in [-0.4, -0.2) is 23.0 Å². The molecule has 0 fully saturated rings. The van der Waals surface area contributed by atoms with Crippen LogP contribution in [-0.2, 0) is 6.42 Å². The number of aromatic nitrogens is 1. The second kappa shape index (κ2) is 4.99. The van der Waals surface area contributed by atoms with Crippen LogP contribution >= 0.6 is 11.3 Å². The van der Waals surface area contributed by atoms with Gasteiger partial charge in [0.25, 0.3) is 5.69 Å². The van der Waals surface area contributed by atoms with Crippen molar-refractivity contribution in [2.45, 2.75) is 26.3 Å². The summed E-state index contributed by atoms with van der Waals surface area (Å²) in [5, 5.41) is 15.1. The number of aryl methyl sites for hydroxylation is 1. The van der Waals surface area contributed by atoms with Crippen molar-refractivity contribution in [1.29, 1.82) is 0 Å². The molecule has 96 valence electrons. The van der Waals surface area contributed by atoms with Gasteiger partial charge in [-0.2, -0.15) is 0 Å². The summed E-state index contributed by atoms with van der Waals surface area (Å²) in [4.78, 5) is 15.2. The van der Waals surface area contributed by atoms with E-state index in [2.05, 4.69) is 10.3 Å². The molecule has 6 heteroatoms. The number of hydrogen-bond acceptors (Lipinski definition) is 5. The van der Waals surface area contributed by atoms with Gasteiger partial charge in [-0.3, -0.25) is 10.1 Å². The maximum Gasteiger partial charge on any atom is 0.274 e. The first-order chi connectivity index (χ1) is 8.51. The largest absolute Gasteiger partial charge is 0.317 e. The summed E-state index contributed by atoms with van der Waals surface area (Å²) in [6, 6.07) is 3.67. The van der Waals surface area contributed by atoms with Crippen LogP contribution in [0.4, 0.5) is 5.69 Å². The van der Waals surface area contributed by atoms with E-state index in [4.69, 9.17) is 0 Å². The third kappa shape index (κ3) is 2.49. The zero-order chi connectivity index (χ0) is 13.3. The maximum absolute atomic E-state index is 11.1. The number of hydrogen-bond donors (Lipinski definition) is 1. The normalized spacial score (nSPS) is 12.8. The summed E-state index contributed by atoms with van der Waals surface area (Å²) in [5.41, 5.74) is 1.77. The van der Waals surface area contributed by atoms with E-state index in [0.29, 0.717) is 6.42 Å². The summed E-state index contributed by atoms with van der Waals surface area (Å²) in [6.45, 7) is 3.91. The number of benzene rings is 1. The van der Waals surface area contributed by atoms with Crippen LogP contribution in [0, 0.1) is 17.0 Å². The monoisotopic (exact) mass is 265 g/mol. The van der Waals surface area contributed by atoms with Gasteiger partial charge in [-0.25, -0.2) is 4.98 Å². The van der Waals surface area contributed by atoms with Crippen molar-refractivity contribution in [3.8, 4) is 0 Å². The fourth-order valence-corrected chi connectivity index (χ4v) is 2.73. The van der Waals surface area contributed by atoms with Crippen molar-refractivity contribution in [3.05, 3.63) is 32.8 Å². The molecule has 0 saturated carbocycles. The Bertz CT molecular complexity index is 594. The van der Waals surface area contributed by atoms with Crippen molar-refractivity contribution in [2.75, 3.05) is 7.05 Å². The molecule has 1 aromatic carbocycles. The summed E-state index contributed by atoms with van der Waals surface area (Å²) >= 11 is 1.49. The van der Waals surface area contributed by atoms with Gasteiger partial charge in [-0.1, -0.05) is 0 Å². The summed E-state index contributed by atoms with van der Waals surface area (Å²) < 4.78 is 0.875. The van der Waals surface area contributed by atoms with E-state index in [1.807, 2.05) is 27.0 Å². The van der Waals surface area contributed by atoms with Crippen LogP contribution in [0.1, 0.15) is 17.5 Å². The summed E-state index contributed by atoms with van der Waals surface area (Å²) in [6.07, 6.45) is 0.624. The molecule has 0 bridgehead atoms. The highest BCUT2D eigenvalue weighted by molar-refractivity contribution is 7.18. The van der Waals surface area contributed by atoms with Crippen LogP contribution < -0.4 is 5.32 Å². The zero-order valence-electron chi connectivity index (χ0n) is 10.6. The highest BCUT2D eigenvalue weighted by Crippen LogP contribution is 2.30. The molecule has 2 rings (SSSR count). The van der Waals surface area contributed by atoms with Gasteiger partial charge in [0.15, 0.2) is 0 Å². The van der Waals surface area contributed by atoms with Crippen LogP contribution in [0.15, 0.2) is 12.1 Å². The minimum atomic E-state index is -0.313. The first-order valence-corrected chi connectivity index (χ1v) is 6.54. The van der Waals surface area contributed by atoms with Crippen molar-refractivity contribution in [1.82, 2.24) is 10.3 Å². The molecular formula is C12H15N3O2S. The van der Waals surface area contributed by atoms with E-state index in [9.17, 15) is 10.1 Å². The second-order valence-corrected chi connectivity index (χ2v) is 5.57. The molecule has 2 aromatic rings. The van der Waals surface area contributed by atoms with Gasteiger partial charge >= 0.3 is 0 Å². The second-order valence-electron chi connectivity index (χ2n) is 4.33. The van der Waals surface area contributed by atoms with Crippen LogP contribution in [0.25, 0.3) is 10.2 Å². The first-order valence-electron chi connectivity index (χ1n) is 5.73. The molecular weight excluding hydrogens is 250 g/mol. The van der Waals surface area contributed by atoms with E-state index in [1.54, 1.807) is 6.07 Å². The zero-order valence-corrected chi connectivity index (χ0v) is 11.4. The van der Waals surface area contributed by atoms with Gasteiger partial charge in [0.2, 0.25) is 0 Å². The lowest BCUT2D eigenvalue weighted by molar-refractivity contribution is -0.385. The SMILES string of the molecule is CNC(C)Cc1cc2nc(C)sc2cc1[N+](=O)[O-]. The molecule has 0 amide bonds. The molecule has 1 aromatic heterocycles. The number of nitrogens with zero attached hydrogens (tertiary/aromatic N) is 2. The Labute approximate surface area is 109 Å². The quantitative estimate of drug-likeness (QED) is 0.681. The van der Waals surface area contributed by atoms with E-state index < -0.39 is 0 Å². The number of fused-ring (bicyclic) bond motifs is 1. The molecule has 0 aliphatic rings. The van der Waals surface area contributed by atoms with Crippen molar-refractivity contribution in [3.63, 3.8) is 0 Å². The Morgan fingerprint density at radius 1 is 1.56 bits per heavy atom. The van der Waals surface area contributed by atoms with E-state index >= 15 is 0 Å². The predicted molar refractivity (Wildman–Crippen MR) is 73.2 cm³/mol. The Morgan fingerprint density at radius 3 is 2.89 bits per heavy atom. The van der Waals surface area contributed by atoms with Gasteiger partial charge < -0.3 is 5.32 Å². The third-order valence-electron chi connectivity index (χ3n) is 2.91. The number of nitro benzene ring substituents is 1. The fraction of sp³-hybridized carbons (Fsp3) is 0.417. The Balaban J connectivity index is 2.53. The highest BCUT2D eigenvalue weighted by atomic mass is 32.1. The Morgan fingerprint density at radius 2 is 2.28 bits per heavy atom. The summed E-state index contributed by atoms with van der Waals surface area (Å²) in [5.74, 6) is 0. The smallest absolute Gasteiger partial charge is 0.274 e. The topological polar surface area (TPSA) is 68.1 Å². The van der Waals surface area contributed by atoms with Gasteiger partial charge in [-0.15, -0.1) is 11.3 Å². The van der Waals surface area contributed by atoms with Gasteiger partial charge in [0.1, 0.15) is 0 Å². The van der Waals surface area contributed by atoms with Crippen LogP contribution in [0.2, 0.25) is 0 Å². The molecule has 1 heterocycles. The molecule has 18 heavy (non-hydrogen) atoms. The highest BCUT2D eigenvalue weighted by Gasteiger charge is 2.18. The average molecular weight is 265 g/mol. The molecule has 1 atom stereocenters. The molecule has 0 spiro atoms. The summed E-state index contributed by atoms with van der Waals surface area (Å²) in [7, 11) is 1.85. The average Bonchev–Trinajstić information content (AvgIpc) is 2.66. The number of likely N-dealkylation sites (N-methyl/N-ethyl adjacent to an activating group) is 1. The Hall–Kier alpha value is -1.53. The standard InChI is InChI=1S/C12H15N3O2S/c1-7(13-3)4-9-5-10-12(18-8(2)14-10)6-11(9)15(16)17/h5-7,13H,4H2,1-3H3. The lowest BCUT2D eigenvalue weighted by Crippen LogP contribution is -2.23. The van der Waals surface area contributed by atoms with Gasteiger partial charge in [0, 0.05) is 17.7 Å². The van der Waals surface area contributed by atoms with Crippen molar-refractivity contribution in [2.24, 2.45) is 0 Å². The van der Waals surface area contributed by atoms with E-state index in [-0.39, 0.29) is 16.7 Å². The lowest BCUT2D eigenvalue weighted by Gasteiger charge is -2.10. The van der Waals surface area contributed by atoms with E-state index in [0.717, 1.165) is 20.8 Å². The van der Waals surface area contributed by atoms with Crippen molar-refractivity contribution >= 4 is 27.2 Å². The molecule has 0 aliphatic carbocycles. The number of thiazole rings is 1. The lowest BCUT2D eigenvalue weighted by atomic mass is 10.0. The first kappa shape index (κ1) is 12.9. The number of rotatable bonds is 4. The third-order valence-corrected chi connectivity index (χ3v) is 3.84. The molecule has 1 unspecified atom stereocenters. The molecule has 0 saturated heterocycles. The van der Waals surface area contributed by atoms with Crippen molar-refractivity contribution < 1.29 is 4.92 Å². The van der Waals surface area contributed by atoms with Crippen LogP contribution in [0.3, 0.4) is 0 Å². The van der Waals surface area contributed by atoms with Crippen LogP contribution in [0.5, 0.6) is 0 Å². The van der Waals surface area contributed by atoms with Gasteiger partial charge in [-0.05, 0) is 33.4 Å². The fourth-order valence-electron chi connectivity index (χ4n) is 1.89. The number of nitrogens with one attached hydrogen (secondary N) is 1. The molecule has 0 aliphatic heterocycles. The maximum atomic E-state index is 11.1. The van der Waals surface area contributed by atoms with Gasteiger partial charge in [0.05, 0.1) is 20.1 Å². The number of nitro groups is 1. The minimum Gasteiger partial charge on any atom is -0.317 e. The molecule has 0 radical (unpaired) electrons. The predicted octanol–water partition coefficient (Wildman–Crippen LogP) is 2.66.